The lowest BCUT2D eigenvalue weighted by atomic mass is 9.98. The number of aryl methyl sites for hydroxylation is 2. The van der Waals surface area contributed by atoms with Gasteiger partial charge in [0.15, 0.2) is 0 Å². The van der Waals surface area contributed by atoms with Gasteiger partial charge < -0.3 is 9.88 Å². The molecule has 1 atom stereocenters. The molecule has 0 aliphatic carbocycles. The van der Waals surface area contributed by atoms with Crippen LogP contribution in [0.25, 0.3) is 0 Å². The molecule has 2 aromatic heterocycles. The molecule has 0 spiro atoms. The number of amides is 1. The fourth-order valence-corrected chi connectivity index (χ4v) is 2.74. The van der Waals surface area contributed by atoms with Crippen LogP contribution in [0.2, 0.25) is 0 Å². The molecule has 0 unspecified atom stereocenters. The van der Waals surface area contributed by atoms with Crippen LogP contribution in [0, 0.1) is 20.8 Å². The van der Waals surface area contributed by atoms with Crippen molar-refractivity contribution in [2.24, 2.45) is 0 Å². The lowest BCUT2D eigenvalue weighted by Crippen LogP contribution is -2.32. The second kappa shape index (κ2) is 7.30. The molecular formula is C20H22N4O. The monoisotopic (exact) mass is 334 g/mol. The first-order valence-corrected chi connectivity index (χ1v) is 8.29. The Morgan fingerprint density at radius 2 is 1.68 bits per heavy atom. The molecule has 5 nitrogen and oxygen atoms in total. The second-order valence-corrected chi connectivity index (χ2v) is 6.24. The third-order valence-electron chi connectivity index (χ3n) is 4.41. The Morgan fingerprint density at radius 3 is 2.28 bits per heavy atom. The summed E-state index contributed by atoms with van der Waals surface area (Å²) in [5, 5.41) is 3.14. The average Bonchev–Trinajstić information content (AvgIpc) is 2.93. The summed E-state index contributed by atoms with van der Waals surface area (Å²) in [5.74, 6) is -0.0529. The number of hydrogen-bond donors (Lipinski definition) is 1. The minimum Gasteiger partial charge on any atom is -0.344 e. The number of aromatic nitrogens is 3. The third kappa shape index (κ3) is 3.94. The Morgan fingerprint density at radius 1 is 1.04 bits per heavy atom. The first-order chi connectivity index (χ1) is 12.0. The van der Waals surface area contributed by atoms with E-state index in [0.717, 1.165) is 22.5 Å². The van der Waals surface area contributed by atoms with Gasteiger partial charge in [0, 0.05) is 18.1 Å². The summed E-state index contributed by atoms with van der Waals surface area (Å²) in [5.41, 5.74) is 5.19. The summed E-state index contributed by atoms with van der Waals surface area (Å²) >= 11 is 0. The van der Waals surface area contributed by atoms with Crippen molar-refractivity contribution in [1.82, 2.24) is 19.9 Å². The zero-order valence-electron chi connectivity index (χ0n) is 14.7. The van der Waals surface area contributed by atoms with Crippen molar-refractivity contribution >= 4 is 5.91 Å². The Hall–Kier alpha value is -2.95. The molecule has 1 aromatic carbocycles. The molecule has 3 aromatic rings. The molecule has 1 N–H and O–H groups in total. The molecule has 0 radical (unpaired) electrons. The molecule has 25 heavy (non-hydrogen) atoms. The van der Waals surface area contributed by atoms with Gasteiger partial charge in [-0.05, 0) is 44.0 Å². The Bertz CT molecular complexity index is 853. The minimum absolute atomic E-state index is 0.0529. The van der Waals surface area contributed by atoms with Crippen LogP contribution in [0.3, 0.4) is 0 Å². The van der Waals surface area contributed by atoms with Gasteiger partial charge in [-0.15, -0.1) is 0 Å². The lowest BCUT2D eigenvalue weighted by molar-refractivity contribution is -0.122. The number of nitrogens with zero attached hydrogens (tertiary/aromatic N) is 3. The van der Waals surface area contributed by atoms with Gasteiger partial charge >= 0.3 is 0 Å². The van der Waals surface area contributed by atoms with E-state index >= 15 is 0 Å². The molecule has 2 heterocycles. The molecule has 0 aliphatic heterocycles. The molecule has 128 valence electrons. The van der Waals surface area contributed by atoms with Crippen LogP contribution in [0.5, 0.6) is 0 Å². The van der Waals surface area contributed by atoms with Crippen molar-refractivity contribution in [1.29, 1.82) is 0 Å². The maximum Gasteiger partial charge on any atom is 0.240 e. The molecule has 0 saturated carbocycles. The van der Waals surface area contributed by atoms with E-state index in [0.29, 0.717) is 0 Å². The normalized spacial score (nSPS) is 12.0. The molecule has 0 bridgehead atoms. The number of nitrogens with one attached hydrogen (secondary N) is 1. The highest BCUT2D eigenvalue weighted by Crippen LogP contribution is 2.22. The highest BCUT2D eigenvalue weighted by molar-refractivity contribution is 5.77. The van der Waals surface area contributed by atoms with Crippen LogP contribution in [0.1, 0.15) is 34.1 Å². The predicted octanol–water partition coefficient (Wildman–Crippen LogP) is 3.11. The average molecular weight is 334 g/mol. The second-order valence-electron chi connectivity index (χ2n) is 6.24. The minimum atomic E-state index is -0.207. The number of carbonyl (C=O) groups is 1. The Balaban J connectivity index is 1.83. The van der Waals surface area contributed by atoms with Gasteiger partial charge in [-0.1, -0.05) is 29.8 Å². The fraction of sp³-hybridized carbons (Fsp3) is 0.250. The maximum absolute atomic E-state index is 12.6. The van der Waals surface area contributed by atoms with Gasteiger partial charge in [0.25, 0.3) is 0 Å². The summed E-state index contributed by atoms with van der Waals surface area (Å²) in [6, 6.07) is 11.9. The van der Waals surface area contributed by atoms with Crippen LogP contribution in [-0.4, -0.2) is 20.4 Å². The number of hydrogen-bond acceptors (Lipinski definition) is 3. The number of pyridine rings is 1. The lowest BCUT2D eigenvalue weighted by Gasteiger charge is -2.20. The topological polar surface area (TPSA) is 59.8 Å². The van der Waals surface area contributed by atoms with Crippen LogP contribution in [0.15, 0.2) is 55.1 Å². The molecule has 0 fully saturated rings. The zero-order chi connectivity index (χ0) is 17.8. The standard InChI is InChI=1S/C20H22N4O/c1-14-4-6-17(7-5-14)20(18-8-10-21-11-9-18)23-19(25)12-24-13-22-15(2)16(24)3/h4-11,13,20H,12H2,1-3H3,(H,23,25)/t20-/m1/s1. The molecule has 0 aliphatic rings. The van der Waals surface area contributed by atoms with Gasteiger partial charge in [0.05, 0.1) is 18.1 Å². The van der Waals surface area contributed by atoms with Crippen molar-refractivity contribution in [3.05, 3.63) is 83.2 Å². The van der Waals surface area contributed by atoms with E-state index in [-0.39, 0.29) is 18.5 Å². The molecule has 1 amide bonds. The molecule has 5 heteroatoms. The summed E-state index contributed by atoms with van der Waals surface area (Å²) in [7, 11) is 0. The molecule has 3 rings (SSSR count). The van der Waals surface area contributed by atoms with E-state index in [1.165, 1.54) is 5.56 Å². The van der Waals surface area contributed by atoms with E-state index in [9.17, 15) is 4.79 Å². The van der Waals surface area contributed by atoms with Crippen LogP contribution < -0.4 is 5.32 Å². The number of carbonyl (C=O) groups excluding carboxylic acids is 1. The number of rotatable bonds is 5. The first-order valence-electron chi connectivity index (χ1n) is 8.29. The van der Waals surface area contributed by atoms with Crippen molar-refractivity contribution in [2.45, 2.75) is 33.4 Å². The molecular weight excluding hydrogens is 312 g/mol. The quantitative estimate of drug-likeness (QED) is 0.780. The van der Waals surface area contributed by atoms with E-state index in [1.807, 2.05) is 49.6 Å². The van der Waals surface area contributed by atoms with Crippen LogP contribution in [-0.2, 0) is 11.3 Å². The van der Waals surface area contributed by atoms with Gasteiger partial charge in [0.1, 0.15) is 6.54 Å². The highest BCUT2D eigenvalue weighted by Gasteiger charge is 2.17. The van der Waals surface area contributed by atoms with E-state index < -0.39 is 0 Å². The van der Waals surface area contributed by atoms with Gasteiger partial charge in [-0.3, -0.25) is 9.78 Å². The van der Waals surface area contributed by atoms with Crippen LogP contribution in [0.4, 0.5) is 0 Å². The van der Waals surface area contributed by atoms with Crippen molar-refractivity contribution in [3.8, 4) is 0 Å². The SMILES string of the molecule is Cc1ccc([C@@H](NC(=O)Cn2cnc(C)c2C)c2ccncc2)cc1. The van der Waals surface area contributed by atoms with E-state index in [2.05, 4.69) is 27.4 Å². The zero-order valence-corrected chi connectivity index (χ0v) is 14.7. The van der Waals surface area contributed by atoms with Gasteiger partial charge in [-0.2, -0.15) is 0 Å². The number of imidazole rings is 1. The van der Waals surface area contributed by atoms with Crippen LogP contribution >= 0.6 is 0 Å². The van der Waals surface area contributed by atoms with Gasteiger partial charge in [-0.25, -0.2) is 4.98 Å². The highest BCUT2D eigenvalue weighted by atomic mass is 16.2. The van der Waals surface area contributed by atoms with Gasteiger partial charge in [0.2, 0.25) is 5.91 Å². The Labute approximate surface area is 147 Å². The smallest absolute Gasteiger partial charge is 0.240 e. The summed E-state index contributed by atoms with van der Waals surface area (Å²) in [6.07, 6.45) is 5.19. The van der Waals surface area contributed by atoms with Crippen molar-refractivity contribution in [2.75, 3.05) is 0 Å². The van der Waals surface area contributed by atoms with Crippen molar-refractivity contribution in [3.63, 3.8) is 0 Å². The predicted molar refractivity (Wildman–Crippen MR) is 97.1 cm³/mol. The van der Waals surface area contributed by atoms with Crippen molar-refractivity contribution < 1.29 is 4.79 Å². The summed E-state index contributed by atoms with van der Waals surface area (Å²) in [6.45, 7) is 6.21. The molecule has 0 saturated heterocycles. The fourth-order valence-electron chi connectivity index (χ4n) is 2.74. The third-order valence-corrected chi connectivity index (χ3v) is 4.41. The van der Waals surface area contributed by atoms with E-state index in [4.69, 9.17) is 0 Å². The maximum atomic E-state index is 12.6. The summed E-state index contributed by atoms with van der Waals surface area (Å²) in [4.78, 5) is 20.9. The summed E-state index contributed by atoms with van der Waals surface area (Å²) < 4.78 is 1.86. The van der Waals surface area contributed by atoms with E-state index in [1.54, 1.807) is 18.7 Å². The number of benzene rings is 1. The first kappa shape index (κ1) is 16.9. The largest absolute Gasteiger partial charge is 0.344 e. The Kier molecular flexibility index (Phi) is 4.93.